The number of nitrogens with one attached hydrogen (secondary N) is 1. The summed E-state index contributed by atoms with van der Waals surface area (Å²) in [5.41, 5.74) is 0.966. The van der Waals surface area contributed by atoms with Crippen molar-refractivity contribution in [2.75, 3.05) is 38.1 Å². The van der Waals surface area contributed by atoms with Crippen molar-refractivity contribution in [1.82, 2.24) is 14.9 Å². The van der Waals surface area contributed by atoms with Gasteiger partial charge in [-0.15, -0.1) is 0 Å². The fourth-order valence-electron chi connectivity index (χ4n) is 2.98. The first kappa shape index (κ1) is 14.2. The molecule has 0 spiro atoms. The van der Waals surface area contributed by atoms with Crippen LogP contribution in [-0.2, 0) is 0 Å². The van der Waals surface area contributed by atoms with Crippen molar-refractivity contribution in [3.8, 4) is 0 Å². The second kappa shape index (κ2) is 6.83. The minimum atomic E-state index is 0.306. The van der Waals surface area contributed by atoms with E-state index >= 15 is 0 Å². The summed E-state index contributed by atoms with van der Waals surface area (Å²) in [7, 11) is 0. The molecular weight excluding hydrogens is 264 g/mol. The van der Waals surface area contributed by atoms with Crippen LogP contribution in [0.3, 0.4) is 0 Å². The molecule has 0 bridgehead atoms. The van der Waals surface area contributed by atoms with Crippen molar-refractivity contribution in [2.24, 2.45) is 5.92 Å². The Hall–Kier alpha value is -1.72. The van der Waals surface area contributed by atoms with Gasteiger partial charge in [-0.2, -0.15) is 0 Å². The van der Waals surface area contributed by atoms with E-state index in [0.717, 1.165) is 49.3 Å². The number of piperidine rings is 1. The number of aromatic nitrogens is 2. The van der Waals surface area contributed by atoms with Crippen molar-refractivity contribution in [3.05, 3.63) is 30.6 Å². The Balaban J connectivity index is 1.57. The quantitative estimate of drug-likeness (QED) is 0.877. The molecule has 1 saturated heterocycles. The zero-order valence-corrected chi connectivity index (χ0v) is 12.2. The van der Waals surface area contributed by atoms with Gasteiger partial charge in [0.1, 0.15) is 12.1 Å². The maximum Gasteiger partial charge on any atom is 0.137 e. The molecule has 1 aliphatic heterocycles. The molecule has 1 aliphatic rings. The summed E-state index contributed by atoms with van der Waals surface area (Å²) in [5.74, 6) is 1.34. The van der Waals surface area contributed by atoms with Crippen molar-refractivity contribution < 1.29 is 5.11 Å². The van der Waals surface area contributed by atoms with Crippen LogP contribution in [0, 0.1) is 5.92 Å². The lowest BCUT2D eigenvalue weighted by molar-refractivity contribution is 0.123. The average Bonchev–Trinajstić information content (AvgIpc) is 2.55. The number of benzene rings is 1. The molecule has 112 valence electrons. The topological polar surface area (TPSA) is 61.3 Å². The molecule has 1 atom stereocenters. The predicted octanol–water partition coefficient (Wildman–Crippen LogP) is 1.75. The van der Waals surface area contributed by atoms with E-state index in [1.54, 1.807) is 6.33 Å². The van der Waals surface area contributed by atoms with Gasteiger partial charge in [0.15, 0.2) is 0 Å². The van der Waals surface area contributed by atoms with Crippen LogP contribution in [0.4, 0.5) is 5.82 Å². The monoisotopic (exact) mass is 286 g/mol. The molecule has 2 aromatic rings. The number of rotatable bonds is 5. The minimum Gasteiger partial charge on any atom is -0.396 e. The number of hydrogen-bond donors (Lipinski definition) is 2. The lowest BCUT2D eigenvalue weighted by Crippen LogP contribution is -2.39. The summed E-state index contributed by atoms with van der Waals surface area (Å²) >= 11 is 0. The molecule has 5 nitrogen and oxygen atoms in total. The second-order valence-corrected chi connectivity index (χ2v) is 5.66. The first-order valence-electron chi connectivity index (χ1n) is 7.63. The minimum absolute atomic E-state index is 0.306. The third-order valence-corrected chi connectivity index (χ3v) is 4.12. The van der Waals surface area contributed by atoms with E-state index in [2.05, 4.69) is 20.2 Å². The SMILES string of the molecule is OCC1CCCN(CCNc2ncnc3ccccc23)C1. The summed E-state index contributed by atoms with van der Waals surface area (Å²) in [6.07, 6.45) is 3.94. The van der Waals surface area contributed by atoms with Crippen molar-refractivity contribution in [2.45, 2.75) is 12.8 Å². The standard InChI is InChI=1S/C16H22N4O/c21-11-13-4-3-8-20(10-13)9-7-17-16-14-5-1-2-6-15(14)18-12-19-16/h1-2,5-6,12-13,21H,3-4,7-11H2,(H,17,18,19). The molecular formula is C16H22N4O. The lowest BCUT2D eigenvalue weighted by Gasteiger charge is -2.31. The Morgan fingerprint density at radius 3 is 3.10 bits per heavy atom. The first-order chi connectivity index (χ1) is 10.4. The molecule has 3 rings (SSSR count). The summed E-state index contributed by atoms with van der Waals surface area (Å²) in [5, 5.41) is 13.7. The highest BCUT2D eigenvalue weighted by Crippen LogP contribution is 2.18. The van der Waals surface area contributed by atoms with Crippen LogP contribution in [0.1, 0.15) is 12.8 Å². The zero-order valence-electron chi connectivity index (χ0n) is 12.2. The Labute approximate surface area is 125 Å². The van der Waals surface area contributed by atoms with Crippen LogP contribution in [0.15, 0.2) is 30.6 Å². The maximum absolute atomic E-state index is 9.27. The van der Waals surface area contributed by atoms with Gasteiger partial charge in [0.25, 0.3) is 0 Å². The molecule has 0 amide bonds. The van der Waals surface area contributed by atoms with E-state index in [1.165, 1.54) is 6.42 Å². The van der Waals surface area contributed by atoms with Crippen LogP contribution < -0.4 is 5.32 Å². The van der Waals surface area contributed by atoms with Gasteiger partial charge < -0.3 is 15.3 Å². The number of aliphatic hydroxyl groups excluding tert-OH is 1. The van der Waals surface area contributed by atoms with Gasteiger partial charge in [0.2, 0.25) is 0 Å². The lowest BCUT2D eigenvalue weighted by atomic mass is 9.99. The fourth-order valence-corrected chi connectivity index (χ4v) is 2.98. The van der Waals surface area contributed by atoms with Gasteiger partial charge in [0.05, 0.1) is 5.52 Å². The summed E-state index contributed by atoms with van der Waals surface area (Å²) in [4.78, 5) is 11.0. The van der Waals surface area contributed by atoms with E-state index in [-0.39, 0.29) is 0 Å². The van der Waals surface area contributed by atoms with Crippen molar-refractivity contribution >= 4 is 16.7 Å². The van der Waals surface area contributed by atoms with Crippen molar-refractivity contribution in [3.63, 3.8) is 0 Å². The largest absolute Gasteiger partial charge is 0.396 e. The van der Waals surface area contributed by atoms with E-state index in [1.807, 2.05) is 24.3 Å². The maximum atomic E-state index is 9.27. The first-order valence-corrected chi connectivity index (χ1v) is 7.63. The molecule has 2 N–H and O–H groups in total. The van der Waals surface area contributed by atoms with Gasteiger partial charge in [0, 0.05) is 31.6 Å². The highest BCUT2D eigenvalue weighted by atomic mass is 16.3. The normalized spacial score (nSPS) is 19.8. The molecule has 0 saturated carbocycles. The Kier molecular flexibility index (Phi) is 4.62. The summed E-state index contributed by atoms with van der Waals surface area (Å²) < 4.78 is 0. The molecule has 0 aliphatic carbocycles. The van der Waals surface area contributed by atoms with Crippen LogP contribution in [0.25, 0.3) is 10.9 Å². The number of nitrogens with zero attached hydrogens (tertiary/aromatic N) is 3. The van der Waals surface area contributed by atoms with E-state index < -0.39 is 0 Å². The number of likely N-dealkylation sites (tertiary alicyclic amines) is 1. The number of anilines is 1. The third kappa shape index (κ3) is 3.49. The van der Waals surface area contributed by atoms with E-state index in [9.17, 15) is 5.11 Å². The second-order valence-electron chi connectivity index (χ2n) is 5.66. The molecule has 1 aromatic heterocycles. The molecule has 1 aromatic carbocycles. The molecule has 2 heterocycles. The average molecular weight is 286 g/mol. The number of para-hydroxylation sites is 1. The molecule has 5 heteroatoms. The van der Waals surface area contributed by atoms with E-state index in [0.29, 0.717) is 12.5 Å². The Bertz CT molecular complexity index is 584. The highest BCUT2D eigenvalue weighted by Gasteiger charge is 2.18. The predicted molar refractivity (Wildman–Crippen MR) is 84.3 cm³/mol. The molecule has 1 unspecified atom stereocenters. The number of aliphatic hydroxyl groups is 1. The van der Waals surface area contributed by atoms with Gasteiger partial charge in [-0.3, -0.25) is 0 Å². The number of fused-ring (bicyclic) bond motifs is 1. The van der Waals surface area contributed by atoms with Crippen LogP contribution >= 0.6 is 0 Å². The van der Waals surface area contributed by atoms with E-state index in [4.69, 9.17) is 0 Å². The van der Waals surface area contributed by atoms with Gasteiger partial charge in [-0.1, -0.05) is 12.1 Å². The van der Waals surface area contributed by atoms with Crippen molar-refractivity contribution in [1.29, 1.82) is 0 Å². The van der Waals surface area contributed by atoms with Gasteiger partial charge >= 0.3 is 0 Å². The summed E-state index contributed by atoms with van der Waals surface area (Å²) in [6, 6.07) is 8.04. The fraction of sp³-hybridized carbons (Fsp3) is 0.500. The molecule has 0 radical (unpaired) electrons. The third-order valence-electron chi connectivity index (χ3n) is 4.12. The highest BCUT2D eigenvalue weighted by molar-refractivity contribution is 5.88. The Morgan fingerprint density at radius 2 is 2.19 bits per heavy atom. The number of hydrogen-bond acceptors (Lipinski definition) is 5. The van der Waals surface area contributed by atoms with Crippen LogP contribution in [0.5, 0.6) is 0 Å². The van der Waals surface area contributed by atoms with Crippen LogP contribution in [-0.4, -0.2) is 52.8 Å². The van der Waals surface area contributed by atoms with Crippen LogP contribution in [0.2, 0.25) is 0 Å². The summed E-state index contributed by atoms with van der Waals surface area (Å²) in [6.45, 7) is 4.28. The molecule has 1 fully saturated rings. The van der Waals surface area contributed by atoms with Gasteiger partial charge in [-0.05, 0) is 37.4 Å². The zero-order chi connectivity index (χ0) is 14.5. The Morgan fingerprint density at radius 1 is 1.29 bits per heavy atom. The van der Waals surface area contributed by atoms with Gasteiger partial charge in [-0.25, -0.2) is 9.97 Å². The molecule has 21 heavy (non-hydrogen) atoms. The smallest absolute Gasteiger partial charge is 0.137 e.